The fourth-order valence-electron chi connectivity index (χ4n) is 9.12. The molecule has 7 unspecified atom stereocenters. The first-order valence-electron chi connectivity index (χ1n) is 29.5. The number of amides is 1. The molecule has 1 saturated heterocycles. The van der Waals surface area contributed by atoms with E-state index in [2.05, 4.69) is 67.8 Å². The Kier molecular flexibility index (Phi) is 47.5. The van der Waals surface area contributed by atoms with E-state index in [9.17, 15) is 30.3 Å². The Hall–Kier alpha value is -2.11. The molecular formula is C61H111NO8. The zero-order valence-corrected chi connectivity index (χ0v) is 45.3. The minimum Gasteiger partial charge on any atom is -0.394 e. The van der Waals surface area contributed by atoms with Crippen molar-refractivity contribution in [1.82, 2.24) is 5.32 Å². The maximum Gasteiger partial charge on any atom is 0.220 e. The van der Waals surface area contributed by atoms with Crippen molar-refractivity contribution in [2.24, 2.45) is 0 Å². The molecule has 1 fully saturated rings. The van der Waals surface area contributed by atoms with E-state index in [4.69, 9.17) is 9.47 Å². The largest absolute Gasteiger partial charge is 0.394 e. The summed E-state index contributed by atoms with van der Waals surface area (Å²) in [5.74, 6) is -0.188. The lowest BCUT2D eigenvalue weighted by atomic mass is 9.99. The summed E-state index contributed by atoms with van der Waals surface area (Å²) in [6.07, 6.45) is 61.4. The van der Waals surface area contributed by atoms with Crippen LogP contribution >= 0.6 is 0 Å². The van der Waals surface area contributed by atoms with Crippen LogP contribution in [0, 0.1) is 0 Å². The van der Waals surface area contributed by atoms with Crippen LogP contribution in [0.3, 0.4) is 0 Å². The third-order valence-electron chi connectivity index (χ3n) is 13.8. The predicted molar refractivity (Wildman–Crippen MR) is 295 cm³/mol. The molecule has 1 amide bonds. The molecule has 1 heterocycles. The molecule has 0 bridgehead atoms. The molecule has 0 aromatic carbocycles. The lowest BCUT2D eigenvalue weighted by Gasteiger charge is -2.40. The van der Waals surface area contributed by atoms with Gasteiger partial charge in [-0.2, -0.15) is 0 Å². The van der Waals surface area contributed by atoms with Gasteiger partial charge in [-0.1, -0.05) is 248 Å². The van der Waals surface area contributed by atoms with Crippen LogP contribution in [0.2, 0.25) is 0 Å². The number of hydrogen-bond acceptors (Lipinski definition) is 8. The molecule has 7 atom stereocenters. The summed E-state index contributed by atoms with van der Waals surface area (Å²) in [7, 11) is 0. The van der Waals surface area contributed by atoms with Crippen molar-refractivity contribution in [3.05, 3.63) is 60.8 Å². The van der Waals surface area contributed by atoms with Gasteiger partial charge in [-0.05, 0) is 70.6 Å². The minimum atomic E-state index is -1.57. The van der Waals surface area contributed by atoms with Crippen molar-refractivity contribution in [3.63, 3.8) is 0 Å². The van der Waals surface area contributed by atoms with Crippen molar-refractivity contribution in [1.29, 1.82) is 0 Å². The third-order valence-corrected chi connectivity index (χ3v) is 13.8. The zero-order valence-electron chi connectivity index (χ0n) is 45.3. The van der Waals surface area contributed by atoms with Crippen molar-refractivity contribution < 1.29 is 39.8 Å². The van der Waals surface area contributed by atoms with E-state index in [0.29, 0.717) is 6.42 Å². The van der Waals surface area contributed by atoms with Gasteiger partial charge in [-0.15, -0.1) is 0 Å². The van der Waals surface area contributed by atoms with Crippen LogP contribution in [0.15, 0.2) is 60.8 Å². The zero-order chi connectivity index (χ0) is 50.8. The first-order valence-corrected chi connectivity index (χ1v) is 29.5. The fourth-order valence-corrected chi connectivity index (χ4v) is 9.12. The topological polar surface area (TPSA) is 149 Å². The van der Waals surface area contributed by atoms with Crippen molar-refractivity contribution in [3.8, 4) is 0 Å². The Morgan fingerprint density at radius 1 is 0.486 bits per heavy atom. The average molecular weight is 987 g/mol. The molecule has 0 spiro atoms. The molecule has 6 N–H and O–H groups in total. The second kappa shape index (κ2) is 50.4. The maximum atomic E-state index is 13.1. The number of ether oxygens (including phenoxy) is 2. The van der Waals surface area contributed by atoms with Gasteiger partial charge in [0.25, 0.3) is 0 Å². The maximum absolute atomic E-state index is 13.1. The first-order chi connectivity index (χ1) is 34.3. The molecule has 408 valence electrons. The first kappa shape index (κ1) is 65.9. The van der Waals surface area contributed by atoms with Crippen molar-refractivity contribution in [2.45, 2.75) is 307 Å². The van der Waals surface area contributed by atoms with E-state index < -0.39 is 49.5 Å². The van der Waals surface area contributed by atoms with E-state index in [1.807, 2.05) is 6.08 Å². The number of allylic oxidation sites excluding steroid dienone is 9. The molecule has 1 aliphatic heterocycles. The van der Waals surface area contributed by atoms with Gasteiger partial charge in [0.15, 0.2) is 6.29 Å². The number of hydrogen-bond donors (Lipinski definition) is 6. The lowest BCUT2D eigenvalue weighted by Crippen LogP contribution is -2.60. The van der Waals surface area contributed by atoms with Crippen molar-refractivity contribution >= 4 is 5.91 Å². The Morgan fingerprint density at radius 3 is 1.30 bits per heavy atom. The van der Waals surface area contributed by atoms with Crippen LogP contribution in [-0.4, -0.2) is 87.5 Å². The summed E-state index contributed by atoms with van der Waals surface area (Å²) >= 11 is 0. The van der Waals surface area contributed by atoms with Crippen LogP contribution in [0.1, 0.15) is 264 Å². The van der Waals surface area contributed by atoms with Crippen LogP contribution in [0.4, 0.5) is 0 Å². The van der Waals surface area contributed by atoms with E-state index in [1.54, 1.807) is 6.08 Å². The molecule has 1 aliphatic rings. The molecule has 0 radical (unpaired) electrons. The highest BCUT2D eigenvalue weighted by atomic mass is 16.7. The standard InChI is InChI=1S/C61H111NO8/c1-3-5-7-9-11-13-15-17-19-21-23-25-26-27-28-29-30-31-33-35-37-39-41-43-45-47-49-51-57(65)62-54(53-69-61-60(68)59(67)58(66)56(52-63)70-61)55(64)50-48-46-44-42-40-38-36-34-32-24-22-20-18-16-14-12-10-8-6-4-2/h15,17,21,23,26-27,40,42,48,50,54-56,58-61,63-64,66-68H,3-14,16,18-20,22,24-25,28-39,41,43-47,49,51-53H2,1-2H3,(H,62,65)/b17-15-,23-21-,27-26-,42-40+,50-48+. The Labute approximate surface area is 430 Å². The summed E-state index contributed by atoms with van der Waals surface area (Å²) in [6.45, 7) is 3.77. The average Bonchev–Trinajstić information content (AvgIpc) is 3.36. The molecular weight excluding hydrogens is 875 g/mol. The lowest BCUT2D eigenvalue weighted by molar-refractivity contribution is -0.302. The summed E-state index contributed by atoms with van der Waals surface area (Å²) in [6, 6.07) is -0.825. The highest BCUT2D eigenvalue weighted by Crippen LogP contribution is 2.23. The Balaban J connectivity index is 2.24. The Bertz CT molecular complexity index is 1280. The van der Waals surface area contributed by atoms with Gasteiger partial charge in [0.05, 0.1) is 25.4 Å². The van der Waals surface area contributed by atoms with E-state index in [1.165, 1.54) is 193 Å². The normalized spacial score (nSPS) is 19.8. The smallest absolute Gasteiger partial charge is 0.220 e. The number of unbranched alkanes of at least 4 members (excludes halogenated alkanes) is 32. The highest BCUT2D eigenvalue weighted by Gasteiger charge is 2.44. The summed E-state index contributed by atoms with van der Waals surface area (Å²) in [5, 5.41) is 54.5. The van der Waals surface area contributed by atoms with Crippen molar-refractivity contribution in [2.75, 3.05) is 13.2 Å². The fraction of sp³-hybridized carbons (Fsp3) is 0.820. The van der Waals surface area contributed by atoms with E-state index in [0.717, 1.165) is 51.4 Å². The summed E-state index contributed by atoms with van der Waals surface area (Å²) < 4.78 is 11.3. The molecule has 0 aliphatic carbocycles. The van der Waals surface area contributed by atoms with Crippen LogP contribution < -0.4 is 5.32 Å². The molecule has 1 rings (SSSR count). The molecule has 9 nitrogen and oxygen atoms in total. The molecule has 9 heteroatoms. The Morgan fingerprint density at radius 2 is 0.857 bits per heavy atom. The van der Waals surface area contributed by atoms with Gasteiger partial charge in [-0.25, -0.2) is 0 Å². The summed E-state index contributed by atoms with van der Waals surface area (Å²) in [5.41, 5.74) is 0. The number of aliphatic hydroxyl groups excluding tert-OH is 5. The van der Waals surface area contributed by atoms with Gasteiger partial charge in [0.2, 0.25) is 5.91 Å². The van der Waals surface area contributed by atoms with Crippen LogP contribution in [0.5, 0.6) is 0 Å². The number of carbonyl (C=O) groups excluding carboxylic acids is 1. The molecule has 0 aromatic heterocycles. The van der Waals surface area contributed by atoms with E-state index >= 15 is 0 Å². The van der Waals surface area contributed by atoms with Gasteiger partial charge >= 0.3 is 0 Å². The van der Waals surface area contributed by atoms with Gasteiger partial charge in [0.1, 0.15) is 24.4 Å². The SMILES string of the molecule is CCCCCCC/C=C\C/C=C\C/C=C\CCCCCCCCCCCCCCC(=O)NC(COC1OC(CO)C(O)C(O)C1O)C(O)/C=C/CC/C=C/CCCCCCCCCCCCCCCC. The van der Waals surface area contributed by atoms with Gasteiger partial charge < -0.3 is 40.3 Å². The second-order valence-electron chi connectivity index (χ2n) is 20.4. The van der Waals surface area contributed by atoms with E-state index in [-0.39, 0.29) is 12.5 Å². The van der Waals surface area contributed by atoms with Gasteiger partial charge in [-0.3, -0.25) is 4.79 Å². The number of aliphatic hydroxyl groups is 5. The second-order valence-corrected chi connectivity index (χ2v) is 20.4. The highest BCUT2D eigenvalue weighted by molar-refractivity contribution is 5.76. The third kappa shape index (κ3) is 39.4. The summed E-state index contributed by atoms with van der Waals surface area (Å²) in [4.78, 5) is 13.1. The monoisotopic (exact) mass is 986 g/mol. The van der Waals surface area contributed by atoms with Gasteiger partial charge in [0, 0.05) is 6.42 Å². The molecule has 0 aromatic rings. The molecule has 70 heavy (non-hydrogen) atoms. The molecule has 0 saturated carbocycles. The number of carbonyl (C=O) groups is 1. The predicted octanol–water partition coefficient (Wildman–Crippen LogP) is 14.7. The number of rotatable bonds is 50. The van der Waals surface area contributed by atoms with Crippen LogP contribution in [0.25, 0.3) is 0 Å². The van der Waals surface area contributed by atoms with Crippen LogP contribution in [-0.2, 0) is 14.3 Å². The quantitative estimate of drug-likeness (QED) is 0.0261. The number of nitrogens with one attached hydrogen (secondary N) is 1. The minimum absolute atomic E-state index is 0.188.